The summed E-state index contributed by atoms with van der Waals surface area (Å²) in [6, 6.07) is 6.25. The second-order valence-electron chi connectivity index (χ2n) is 19.1. The third-order valence-corrected chi connectivity index (χ3v) is 12.3. The van der Waals surface area contributed by atoms with E-state index in [2.05, 4.69) is 42.2 Å². The lowest BCUT2D eigenvalue weighted by Gasteiger charge is -2.29. The van der Waals surface area contributed by atoms with Crippen LogP contribution < -0.4 is 48.7 Å². The van der Waals surface area contributed by atoms with Crippen LogP contribution in [0.5, 0.6) is 0 Å². The zero-order valence-corrected chi connectivity index (χ0v) is 42.4. The maximum Gasteiger partial charge on any atom is 0.326 e. The van der Waals surface area contributed by atoms with Crippen LogP contribution in [-0.4, -0.2) is 123 Å². The molecule has 1 aromatic heterocycles. The van der Waals surface area contributed by atoms with Gasteiger partial charge in [-0.2, -0.15) is 0 Å². The minimum Gasteiger partial charge on any atom is -0.481 e. The number of H-pyrrole nitrogens is 1. The molecular weight excluding hydrogens is 929 g/mol. The number of nitrogens with one attached hydrogen (secondary N) is 8. The van der Waals surface area contributed by atoms with Crippen LogP contribution >= 0.6 is 0 Å². The Balaban J connectivity index is 1.87. The number of benzene rings is 2. The summed E-state index contributed by atoms with van der Waals surface area (Å²) in [6.07, 6.45) is 2.79. The molecule has 0 aliphatic carbocycles. The van der Waals surface area contributed by atoms with Crippen molar-refractivity contribution in [2.45, 2.75) is 155 Å². The van der Waals surface area contributed by atoms with Gasteiger partial charge in [0.25, 0.3) is 0 Å². The Labute approximate surface area is 420 Å². The molecule has 0 spiro atoms. The highest BCUT2D eigenvalue weighted by Crippen LogP contribution is 2.20. The molecule has 3 rings (SSSR count). The van der Waals surface area contributed by atoms with Crippen molar-refractivity contribution in [3.63, 3.8) is 0 Å². The lowest BCUT2D eigenvalue weighted by molar-refractivity contribution is -0.143. The fourth-order valence-corrected chi connectivity index (χ4v) is 7.87. The molecule has 72 heavy (non-hydrogen) atoms. The van der Waals surface area contributed by atoms with E-state index in [1.165, 1.54) is 6.92 Å². The van der Waals surface area contributed by atoms with Crippen molar-refractivity contribution >= 4 is 64.2 Å². The molecule has 2 aromatic carbocycles. The Morgan fingerprint density at radius 3 is 1.76 bits per heavy atom. The molecule has 0 unspecified atom stereocenters. The standard InChI is InChI=1S/C51H76N10O11/c1-8-30(6)43(61-48(68)39(25-32-16-10-9-11-17-32)58-45(65)35(53)21-22-41(62)63)50(70)55-31(7)44(64)57-40(26-33-27-54-36-19-13-12-18-34(33)36)46(66)59-38(24-28(2)3)47(67)60-42(29(4)5)49(69)56-37(51(71)72)20-14-15-23-52/h9-13,16-19,27-31,35,37-40,42-43,54H,8,14-15,20-26,52-53H2,1-7H3,(H,55,70)(H,56,69)(H,57,64)(H,58,65)(H,59,66)(H,60,67)(H,61,68)(H,62,63)(H,71,72)/t30-,31-,35-,37-,38-,39+,40-,42-,43-/m0/s1. The molecule has 0 saturated heterocycles. The van der Waals surface area contributed by atoms with Gasteiger partial charge in [0.15, 0.2) is 0 Å². The summed E-state index contributed by atoms with van der Waals surface area (Å²) in [5.74, 6) is -8.65. The lowest BCUT2D eigenvalue weighted by Crippen LogP contribution is -2.61. The van der Waals surface area contributed by atoms with Crippen LogP contribution in [0.3, 0.4) is 0 Å². The molecule has 0 saturated carbocycles. The lowest BCUT2D eigenvalue weighted by atomic mass is 9.96. The third-order valence-electron chi connectivity index (χ3n) is 12.3. The van der Waals surface area contributed by atoms with Crippen molar-refractivity contribution in [1.82, 2.24) is 42.2 Å². The van der Waals surface area contributed by atoms with Crippen LogP contribution in [0.4, 0.5) is 0 Å². The van der Waals surface area contributed by atoms with Crippen LogP contribution in [-0.2, 0) is 56.0 Å². The number of unbranched alkanes of at least 4 members (excludes halogenated alkanes) is 1. The van der Waals surface area contributed by atoms with Crippen molar-refractivity contribution in [3.8, 4) is 0 Å². The van der Waals surface area contributed by atoms with Gasteiger partial charge in [0.2, 0.25) is 41.4 Å². The van der Waals surface area contributed by atoms with Gasteiger partial charge in [-0.3, -0.25) is 38.4 Å². The molecule has 0 radical (unpaired) electrons. The monoisotopic (exact) mass is 1000 g/mol. The number of carboxylic acids is 2. The van der Waals surface area contributed by atoms with Crippen LogP contribution in [0.2, 0.25) is 0 Å². The summed E-state index contributed by atoms with van der Waals surface area (Å²) in [6.45, 7) is 12.3. The number of amides is 7. The number of aromatic amines is 1. The number of carbonyl (C=O) groups is 9. The fraction of sp³-hybridized carbons (Fsp3) is 0.549. The molecule has 9 atom stereocenters. The smallest absolute Gasteiger partial charge is 0.326 e. The van der Waals surface area contributed by atoms with Crippen molar-refractivity contribution in [1.29, 1.82) is 0 Å². The first kappa shape index (κ1) is 59.4. The summed E-state index contributed by atoms with van der Waals surface area (Å²) in [4.78, 5) is 124. The normalized spacial score (nSPS) is 15.1. The van der Waals surface area contributed by atoms with E-state index in [-0.39, 0.29) is 44.4 Å². The average molecular weight is 1010 g/mol. The molecule has 3 aromatic rings. The van der Waals surface area contributed by atoms with Crippen LogP contribution in [0, 0.1) is 17.8 Å². The van der Waals surface area contributed by atoms with Crippen molar-refractivity contribution < 1.29 is 53.4 Å². The molecule has 7 amide bonds. The number of aromatic nitrogens is 1. The zero-order chi connectivity index (χ0) is 53.7. The number of rotatable bonds is 31. The van der Waals surface area contributed by atoms with Crippen LogP contribution in [0.1, 0.15) is 105 Å². The number of carboxylic acid groups (broad SMARTS) is 2. The third kappa shape index (κ3) is 19.0. The number of fused-ring (bicyclic) bond motifs is 1. The van der Waals surface area contributed by atoms with E-state index in [1.807, 2.05) is 38.1 Å². The fourth-order valence-electron chi connectivity index (χ4n) is 7.87. The summed E-state index contributed by atoms with van der Waals surface area (Å²) < 4.78 is 0. The minimum absolute atomic E-state index is 0.00804. The predicted octanol–water partition coefficient (Wildman–Crippen LogP) is 1.52. The first-order valence-electron chi connectivity index (χ1n) is 24.7. The number of hydrogen-bond acceptors (Lipinski definition) is 11. The van der Waals surface area contributed by atoms with Gasteiger partial charge >= 0.3 is 11.9 Å². The van der Waals surface area contributed by atoms with Crippen molar-refractivity contribution in [2.24, 2.45) is 29.2 Å². The molecule has 21 heteroatoms. The molecule has 0 fully saturated rings. The van der Waals surface area contributed by atoms with Gasteiger partial charge in [-0.15, -0.1) is 0 Å². The van der Waals surface area contributed by atoms with E-state index in [0.29, 0.717) is 36.9 Å². The number of nitrogens with two attached hydrogens (primary N) is 2. The Kier molecular flexibility index (Phi) is 24.3. The summed E-state index contributed by atoms with van der Waals surface area (Å²) in [7, 11) is 0. The maximum absolute atomic E-state index is 14.5. The van der Waals surface area contributed by atoms with Gasteiger partial charge in [-0.25, -0.2) is 4.79 Å². The highest BCUT2D eigenvalue weighted by Gasteiger charge is 2.36. The number of para-hydroxylation sites is 1. The Morgan fingerprint density at radius 2 is 1.15 bits per heavy atom. The molecule has 396 valence electrons. The van der Waals surface area contributed by atoms with Crippen molar-refractivity contribution in [3.05, 3.63) is 71.9 Å². The molecule has 0 aliphatic heterocycles. The van der Waals surface area contributed by atoms with Gasteiger partial charge in [0.1, 0.15) is 42.3 Å². The molecule has 1 heterocycles. The van der Waals surface area contributed by atoms with Crippen LogP contribution in [0.15, 0.2) is 60.8 Å². The van der Waals surface area contributed by atoms with E-state index < -0.39 is 113 Å². The van der Waals surface area contributed by atoms with Gasteiger partial charge in [-0.05, 0) is 80.5 Å². The van der Waals surface area contributed by atoms with E-state index >= 15 is 0 Å². The Morgan fingerprint density at radius 1 is 0.597 bits per heavy atom. The summed E-state index contributed by atoms with van der Waals surface area (Å²) in [5, 5.41) is 38.4. The molecule has 21 nitrogen and oxygen atoms in total. The van der Waals surface area contributed by atoms with Gasteiger partial charge in [0.05, 0.1) is 6.04 Å². The molecule has 0 bridgehead atoms. The number of aliphatic carboxylic acids is 2. The van der Waals surface area contributed by atoms with E-state index in [4.69, 9.17) is 16.6 Å². The van der Waals surface area contributed by atoms with E-state index in [0.717, 1.165) is 10.9 Å². The Hall–Kier alpha value is -6.87. The molecule has 0 aliphatic rings. The minimum atomic E-state index is -1.32. The van der Waals surface area contributed by atoms with Crippen LogP contribution in [0.25, 0.3) is 10.9 Å². The largest absolute Gasteiger partial charge is 0.481 e. The Bertz CT molecular complexity index is 2310. The molecule has 14 N–H and O–H groups in total. The average Bonchev–Trinajstić information content (AvgIpc) is 3.74. The quantitative estimate of drug-likeness (QED) is 0.0408. The number of hydrogen-bond donors (Lipinski definition) is 12. The van der Waals surface area contributed by atoms with Gasteiger partial charge in [0, 0.05) is 36.4 Å². The predicted molar refractivity (Wildman–Crippen MR) is 270 cm³/mol. The second kappa shape index (κ2) is 29.5. The first-order chi connectivity index (χ1) is 34.1. The van der Waals surface area contributed by atoms with Gasteiger partial charge in [-0.1, -0.05) is 96.5 Å². The highest BCUT2D eigenvalue weighted by atomic mass is 16.4. The van der Waals surface area contributed by atoms with E-state index in [1.54, 1.807) is 64.2 Å². The highest BCUT2D eigenvalue weighted by molar-refractivity contribution is 5.98. The second-order valence-corrected chi connectivity index (χ2v) is 19.1. The van der Waals surface area contributed by atoms with Crippen molar-refractivity contribution in [2.75, 3.05) is 6.54 Å². The molecular formula is C51H76N10O11. The maximum atomic E-state index is 14.5. The summed E-state index contributed by atoms with van der Waals surface area (Å²) in [5.41, 5.74) is 13.6. The van der Waals surface area contributed by atoms with Gasteiger partial charge < -0.3 is 63.9 Å². The SMILES string of the molecule is CC[C@H](C)[C@H](NC(=O)[C@@H](Cc1ccccc1)NC(=O)[C@@H](N)CCC(=O)O)C(=O)N[C@@H](C)C(=O)N[C@@H](Cc1c[nH]c2ccccc12)C(=O)N[C@@H](CC(C)C)C(=O)N[C@H](C(=O)N[C@@H](CCCCN)C(=O)O)C(C)C. The topological polar surface area (TPSA) is 346 Å². The first-order valence-corrected chi connectivity index (χ1v) is 24.7. The number of carbonyl (C=O) groups excluding carboxylic acids is 7. The van der Waals surface area contributed by atoms with E-state index in [9.17, 15) is 48.3 Å². The summed E-state index contributed by atoms with van der Waals surface area (Å²) >= 11 is 0. The zero-order valence-electron chi connectivity index (χ0n) is 42.4.